The van der Waals surface area contributed by atoms with E-state index >= 15 is 0 Å². The average molecular weight is 392 g/mol. The molecule has 5 rings (SSSR count). The second-order valence-corrected chi connectivity index (χ2v) is 7.81. The molecule has 1 fully saturated rings. The van der Waals surface area contributed by atoms with Gasteiger partial charge in [0.05, 0.1) is 30.6 Å². The molecule has 0 atom stereocenters. The van der Waals surface area contributed by atoms with E-state index in [-0.39, 0.29) is 17.9 Å². The molecule has 0 saturated carbocycles. The Morgan fingerprint density at radius 3 is 2.83 bits per heavy atom. The fourth-order valence-electron chi connectivity index (χ4n) is 4.39. The smallest absolute Gasteiger partial charge is 0.228 e. The number of carbonyl (C=O) groups excluding carboxylic acids is 1. The Morgan fingerprint density at radius 1 is 1.24 bits per heavy atom. The van der Waals surface area contributed by atoms with Crippen LogP contribution in [0.2, 0.25) is 0 Å². The molecule has 4 heterocycles. The van der Waals surface area contributed by atoms with Gasteiger partial charge in [0.15, 0.2) is 0 Å². The number of fused-ring (bicyclic) bond motifs is 2. The summed E-state index contributed by atoms with van der Waals surface area (Å²) >= 11 is 0. The Kier molecular flexibility index (Phi) is 4.47. The highest BCUT2D eigenvalue weighted by molar-refractivity contribution is 5.79. The summed E-state index contributed by atoms with van der Waals surface area (Å²) < 4.78 is 12.0. The zero-order valence-electron chi connectivity index (χ0n) is 16.5. The molecule has 7 nitrogen and oxygen atoms in total. The third-order valence-corrected chi connectivity index (χ3v) is 6.08. The summed E-state index contributed by atoms with van der Waals surface area (Å²) in [4.78, 5) is 19.4. The van der Waals surface area contributed by atoms with E-state index in [9.17, 15) is 4.79 Å². The molecule has 29 heavy (non-hydrogen) atoms. The van der Waals surface area contributed by atoms with Gasteiger partial charge in [-0.25, -0.2) is 4.98 Å². The number of nitrogens with zero attached hydrogens (tertiary/aromatic N) is 3. The van der Waals surface area contributed by atoms with Crippen molar-refractivity contribution in [2.75, 3.05) is 19.7 Å². The van der Waals surface area contributed by atoms with Crippen molar-refractivity contribution in [3.8, 4) is 11.5 Å². The Labute approximate surface area is 169 Å². The Balaban J connectivity index is 1.26. The number of benzene rings is 1. The molecule has 0 aliphatic carbocycles. The minimum absolute atomic E-state index is 0.0801. The number of H-pyrrole nitrogens is 1. The van der Waals surface area contributed by atoms with Crippen LogP contribution in [0.25, 0.3) is 11.5 Å². The van der Waals surface area contributed by atoms with E-state index in [2.05, 4.69) is 15.2 Å². The van der Waals surface area contributed by atoms with Crippen molar-refractivity contribution >= 4 is 5.91 Å². The van der Waals surface area contributed by atoms with Crippen molar-refractivity contribution in [2.45, 2.75) is 38.2 Å². The van der Waals surface area contributed by atoms with Crippen LogP contribution in [-0.4, -0.2) is 45.7 Å². The molecule has 3 aromatic rings. The Morgan fingerprint density at radius 2 is 2.03 bits per heavy atom. The van der Waals surface area contributed by atoms with Gasteiger partial charge in [-0.1, -0.05) is 18.2 Å². The number of aromatic nitrogens is 3. The first-order chi connectivity index (χ1) is 14.1. The first kappa shape index (κ1) is 18.1. The molecule has 1 saturated heterocycles. The van der Waals surface area contributed by atoms with Crippen molar-refractivity contribution < 1.29 is 13.9 Å². The third kappa shape index (κ3) is 3.25. The lowest BCUT2D eigenvalue weighted by Crippen LogP contribution is -2.48. The standard InChI is InChI=1S/C22H24N4O3/c1-15-18(24-21(29-15)16-5-3-2-4-6-16)13-19(27)26-10-8-22(9-11-26)20-17(7-12-28-22)14-23-25-20/h2-6,14H,7-13H2,1H3,(H,23,25). The van der Waals surface area contributed by atoms with Gasteiger partial charge in [0, 0.05) is 18.7 Å². The van der Waals surface area contributed by atoms with Gasteiger partial charge >= 0.3 is 0 Å². The normalized spacial score (nSPS) is 18.0. The second kappa shape index (κ2) is 7.15. The van der Waals surface area contributed by atoms with Crippen molar-refractivity contribution in [1.82, 2.24) is 20.1 Å². The number of nitrogens with one attached hydrogen (secondary N) is 1. The van der Waals surface area contributed by atoms with E-state index in [0.717, 1.165) is 30.5 Å². The van der Waals surface area contributed by atoms with E-state index in [1.807, 2.05) is 48.4 Å². The number of oxazole rings is 1. The van der Waals surface area contributed by atoms with Crippen LogP contribution < -0.4 is 0 Å². The predicted molar refractivity (Wildman–Crippen MR) is 106 cm³/mol. The lowest BCUT2D eigenvalue weighted by molar-refractivity contribution is -0.140. The van der Waals surface area contributed by atoms with Gasteiger partial charge in [0.1, 0.15) is 11.4 Å². The largest absolute Gasteiger partial charge is 0.441 e. The van der Waals surface area contributed by atoms with Crippen molar-refractivity contribution in [3.05, 3.63) is 59.2 Å². The molecule has 0 unspecified atom stereocenters. The van der Waals surface area contributed by atoms with Crippen LogP contribution in [0.1, 0.15) is 35.6 Å². The number of aryl methyl sites for hydroxylation is 1. The number of aromatic amines is 1. The number of amides is 1. The molecule has 1 amide bonds. The summed E-state index contributed by atoms with van der Waals surface area (Å²) in [6.45, 7) is 3.91. The molecular weight excluding hydrogens is 368 g/mol. The van der Waals surface area contributed by atoms with E-state index < -0.39 is 0 Å². The number of hydrogen-bond donors (Lipinski definition) is 1. The van der Waals surface area contributed by atoms with Gasteiger partial charge in [-0.15, -0.1) is 0 Å². The van der Waals surface area contributed by atoms with Crippen LogP contribution in [0.4, 0.5) is 0 Å². The molecule has 2 aliphatic heterocycles. The van der Waals surface area contributed by atoms with E-state index in [4.69, 9.17) is 9.15 Å². The maximum Gasteiger partial charge on any atom is 0.228 e. The summed E-state index contributed by atoms with van der Waals surface area (Å²) in [6, 6.07) is 9.75. The summed E-state index contributed by atoms with van der Waals surface area (Å²) in [7, 11) is 0. The van der Waals surface area contributed by atoms with Crippen LogP contribution in [0.15, 0.2) is 40.9 Å². The molecule has 7 heteroatoms. The number of ether oxygens (including phenoxy) is 1. The first-order valence-electron chi connectivity index (χ1n) is 10.1. The van der Waals surface area contributed by atoms with Crippen LogP contribution in [-0.2, 0) is 28.0 Å². The Hall–Kier alpha value is -2.93. The molecular formula is C22H24N4O3. The summed E-state index contributed by atoms with van der Waals surface area (Å²) in [5.41, 5.74) is 3.63. The van der Waals surface area contributed by atoms with Crippen LogP contribution >= 0.6 is 0 Å². The molecule has 0 radical (unpaired) electrons. The maximum atomic E-state index is 12.9. The van der Waals surface area contributed by atoms with Gasteiger partial charge < -0.3 is 14.1 Å². The van der Waals surface area contributed by atoms with Crippen LogP contribution in [0.3, 0.4) is 0 Å². The minimum Gasteiger partial charge on any atom is -0.441 e. The average Bonchev–Trinajstić information content (AvgIpc) is 3.37. The zero-order chi connectivity index (χ0) is 19.8. The molecule has 150 valence electrons. The predicted octanol–water partition coefficient (Wildman–Crippen LogP) is 3.01. The van der Waals surface area contributed by atoms with E-state index in [1.165, 1.54) is 5.56 Å². The van der Waals surface area contributed by atoms with Gasteiger partial charge in [0.25, 0.3) is 0 Å². The van der Waals surface area contributed by atoms with Crippen molar-refractivity contribution in [3.63, 3.8) is 0 Å². The highest BCUT2D eigenvalue weighted by atomic mass is 16.5. The number of carbonyl (C=O) groups is 1. The SMILES string of the molecule is Cc1oc(-c2ccccc2)nc1CC(=O)N1CCC2(CC1)OCCc1cn[nH]c12. The van der Waals surface area contributed by atoms with Crippen molar-refractivity contribution in [2.24, 2.45) is 0 Å². The van der Waals surface area contributed by atoms with E-state index in [0.29, 0.717) is 37.0 Å². The first-order valence-corrected chi connectivity index (χ1v) is 10.1. The maximum absolute atomic E-state index is 12.9. The molecule has 0 bridgehead atoms. The van der Waals surface area contributed by atoms with Gasteiger partial charge in [-0.2, -0.15) is 5.10 Å². The number of rotatable bonds is 3. The lowest BCUT2D eigenvalue weighted by Gasteiger charge is -2.43. The molecule has 1 spiro atoms. The number of hydrogen-bond acceptors (Lipinski definition) is 5. The van der Waals surface area contributed by atoms with Crippen molar-refractivity contribution in [1.29, 1.82) is 0 Å². The molecule has 2 aromatic heterocycles. The van der Waals surface area contributed by atoms with Crippen LogP contribution in [0.5, 0.6) is 0 Å². The summed E-state index contributed by atoms with van der Waals surface area (Å²) in [5, 5.41) is 7.32. The van der Waals surface area contributed by atoms with E-state index in [1.54, 1.807) is 0 Å². The molecule has 2 aliphatic rings. The monoisotopic (exact) mass is 392 g/mol. The highest BCUT2D eigenvalue weighted by Gasteiger charge is 2.43. The Bertz CT molecular complexity index is 1020. The fourth-order valence-corrected chi connectivity index (χ4v) is 4.39. The third-order valence-electron chi connectivity index (χ3n) is 6.08. The van der Waals surface area contributed by atoms with Gasteiger partial charge in [-0.3, -0.25) is 9.89 Å². The minimum atomic E-state index is -0.328. The van der Waals surface area contributed by atoms with Gasteiger partial charge in [-0.05, 0) is 43.9 Å². The quantitative estimate of drug-likeness (QED) is 0.741. The topological polar surface area (TPSA) is 84.2 Å². The molecule has 1 N–H and O–H groups in total. The molecule has 1 aromatic carbocycles. The summed E-state index contributed by atoms with van der Waals surface area (Å²) in [6.07, 6.45) is 4.60. The fraction of sp³-hybridized carbons (Fsp3) is 0.409. The number of piperidine rings is 1. The number of likely N-dealkylation sites (tertiary alicyclic amines) is 1. The van der Waals surface area contributed by atoms with Gasteiger partial charge in [0.2, 0.25) is 11.8 Å². The van der Waals surface area contributed by atoms with Crippen LogP contribution in [0, 0.1) is 6.92 Å². The summed E-state index contributed by atoms with van der Waals surface area (Å²) in [5.74, 6) is 1.34. The highest BCUT2D eigenvalue weighted by Crippen LogP contribution is 2.40. The zero-order valence-corrected chi connectivity index (χ0v) is 16.5. The second-order valence-electron chi connectivity index (χ2n) is 7.81. The lowest BCUT2D eigenvalue weighted by atomic mass is 9.83.